The number of carbonyl (C=O) groups is 2. The summed E-state index contributed by atoms with van der Waals surface area (Å²) in [5.41, 5.74) is -5.40. The Kier molecular flexibility index (Phi) is 6.27. The molecule has 9 nitrogen and oxygen atoms in total. The van der Waals surface area contributed by atoms with Crippen molar-refractivity contribution < 1.29 is 35.9 Å². The third-order valence-electron chi connectivity index (χ3n) is 6.13. The molecule has 1 saturated heterocycles. The Bertz CT molecular complexity index is 1530. The highest BCUT2D eigenvalue weighted by atomic mass is 32.2. The Morgan fingerprint density at radius 2 is 1.63 bits per heavy atom. The number of aromatic nitrogens is 3. The van der Waals surface area contributed by atoms with Gasteiger partial charge in [0.05, 0.1) is 35.0 Å². The Morgan fingerprint density at radius 1 is 0.974 bits per heavy atom. The number of anilines is 1. The van der Waals surface area contributed by atoms with E-state index in [1.807, 2.05) is 6.07 Å². The number of alkyl halides is 3. The number of para-hydroxylation sites is 1. The third-order valence-corrected chi connectivity index (χ3v) is 7.64. The molecule has 1 atom stereocenters. The van der Waals surface area contributed by atoms with E-state index in [4.69, 9.17) is 4.74 Å². The van der Waals surface area contributed by atoms with Crippen LogP contribution in [0.4, 0.5) is 18.9 Å². The largest absolute Gasteiger partial charge is 0.501 e. The molecule has 38 heavy (non-hydrogen) atoms. The van der Waals surface area contributed by atoms with Gasteiger partial charge in [-0.1, -0.05) is 23.4 Å². The fraction of sp³-hybridized carbons (Fsp3) is 0.200. The summed E-state index contributed by atoms with van der Waals surface area (Å²) in [6.07, 6.45) is 7.41. The first-order valence-corrected chi connectivity index (χ1v) is 12.8. The lowest BCUT2D eigenvalue weighted by Crippen LogP contribution is -2.60. The summed E-state index contributed by atoms with van der Waals surface area (Å²) in [5, 5.41) is 8.01. The Labute approximate surface area is 214 Å². The van der Waals surface area contributed by atoms with E-state index in [1.54, 1.807) is 24.3 Å². The number of ether oxygens (including phenoxy) is 1. The second-order valence-electron chi connectivity index (χ2n) is 8.64. The van der Waals surface area contributed by atoms with Crippen LogP contribution in [0.15, 0.2) is 90.0 Å². The first kappa shape index (κ1) is 25.5. The Hall–Kier alpha value is -4.10. The summed E-state index contributed by atoms with van der Waals surface area (Å²) in [5.74, 6) is -1.13. The smallest absolute Gasteiger partial charge is 0.347 e. The highest BCUT2D eigenvalue weighted by Crippen LogP contribution is 2.36. The van der Waals surface area contributed by atoms with Crippen molar-refractivity contribution in [2.75, 3.05) is 11.5 Å². The van der Waals surface area contributed by atoms with E-state index in [2.05, 4.69) is 10.3 Å². The van der Waals surface area contributed by atoms with E-state index in [1.165, 1.54) is 52.2 Å². The maximum Gasteiger partial charge on any atom is 0.501 e. The zero-order valence-electron chi connectivity index (χ0n) is 19.4. The van der Waals surface area contributed by atoms with Gasteiger partial charge in [0, 0.05) is 12.1 Å². The van der Waals surface area contributed by atoms with Gasteiger partial charge >= 0.3 is 5.51 Å². The van der Waals surface area contributed by atoms with Crippen LogP contribution in [0.1, 0.15) is 5.69 Å². The molecule has 1 aliphatic heterocycles. The molecule has 5 rings (SSSR count). The minimum absolute atomic E-state index is 0.0297. The minimum atomic E-state index is -5.47. The Morgan fingerprint density at radius 3 is 2.26 bits per heavy atom. The maximum absolute atomic E-state index is 13.7. The highest BCUT2D eigenvalue weighted by molar-refractivity contribution is 7.92. The molecule has 1 unspecified atom stereocenters. The van der Waals surface area contributed by atoms with Crippen LogP contribution < -0.4 is 4.90 Å². The molecular weight excluding hydrogens is 525 g/mol. The van der Waals surface area contributed by atoms with Gasteiger partial charge in [-0.25, -0.2) is 13.1 Å². The number of halogens is 3. The molecule has 0 saturated carbocycles. The summed E-state index contributed by atoms with van der Waals surface area (Å²) in [7, 11) is -5.47. The molecule has 1 aromatic heterocycles. The van der Waals surface area contributed by atoms with Crippen LogP contribution in [0.5, 0.6) is 0 Å². The van der Waals surface area contributed by atoms with Crippen molar-refractivity contribution >= 4 is 27.2 Å². The van der Waals surface area contributed by atoms with Crippen molar-refractivity contribution in [1.29, 1.82) is 0 Å². The molecule has 13 heteroatoms. The van der Waals surface area contributed by atoms with Gasteiger partial charge in [-0.05, 0) is 60.7 Å². The molecule has 2 heterocycles. The van der Waals surface area contributed by atoms with Crippen molar-refractivity contribution in [3.8, 4) is 5.69 Å². The molecule has 196 valence electrons. The van der Waals surface area contributed by atoms with Crippen LogP contribution >= 0.6 is 0 Å². The zero-order chi connectivity index (χ0) is 27.1. The number of carbonyl (C=O) groups excluding carboxylic acids is 2. The molecule has 2 aromatic carbocycles. The standard InChI is InChI=1S/C25H19F3N4O5S/c26-25(27,28)38(35,36)22-8-6-19(7-9-22)31-15-18(29-30-31)14-17-16-37-24(12-10-21(33)11-13-24)32(23(17)34)20-4-2-1-3-5-20/h1-13,15,17H,14,16H2. The van der Waals surface area contributed by atoms with Crippen LogP contribution in [0.25, 0.3) is 5.69 Å². The first-order chi connectivity index (χ1) is 18.0. The summed E-state index contributed by atoms with van der Waals surface area (Å²) in [6, 6.07) is 12.9. The highest BCUT2D eigenvalue weighted by Gasteiger charge is 2.47. The predicted molar refractivity (Wildman–Crippen MR) is 128 cm³/mol. The van der Waals surface area contributed by atoms with Gasteiger partial charge < -0.3 is 4.74 Å². The van der Waals surface area contributed by atoms with Gasteiger partial charge in [0.15, 0.2) is 11.5 Å². The number of rotatable bonds is 5. The molecule has 0 bridgehead atoms. The number of sulfone groups is 1. The Balaban J connectivity index is 1.37. The third kappa shape index (κ3) is 4.54. The van der Waals surface area contributed by atoms with Crippen LogP contribution in [0.2, 0.25) is 0 Å². The average Bonchev–Trinajstić information content (AvgIpc) is 3.36. The fourth-order valence-electron chi connectivity index (χ4n) is 4.22. The van der Waals surface area contributed by atoms with E-state index in [9.17, 15) is 31.2 Å². The van der Waals surface area contributed by atoms with Crippen LogP contribution in [0.3, 0.4) is 0 Å². The van der Waals surface area contributed by atoms with Crippen molar-refractivity contribution in [3.05, 3.63) is 90.8 Å². The van der Waals surface area contributed by atoms with E-state index < -0.39 is 31.9 Å². The number of ketones is 1. The molecule has 1 amide bonds. The summed E-state index contributed by atoms with van der Waals surface area (Å²) in [4.78, 5) is 26.0. The van der Waals surface area contributed by atoms with Crippen LogP contribution in [0, 0.1) is 5.92 Å². The van der Waals surface area contributed by atoms with Gasteiger partial charge in [0.1, 0.15) is 0 Å². The molecule has 0 radical (unpaired) electrons. The quantitative estimate of drug-likeness (QED) is 0.485. The second-order valence-corrected chi connectivity index (χ2v) is 10.6. The lowest BCUT2D eigenvalue weighted by atomic mass is 9.94. The van der Waals surface area contributed by atoms with Crippen LogP contribution in [-0.4, -0.2) is 52.9 Å². The fourth-order valence-corrected chi connectivity index (χ4v) is 4.98. The number of hydrogen-bond acceptors (Lipinski definition) is 7. The summed E-state index contributed by atoms with van der Waals surface area (Å²) < 4.78 is 68.9. The SMILES string of the molecule is O=C1C=CC2(C=C1)OCC(Cc1cn(-c3ccc(S(=O)(=O)C(F)(F)F)cc3)nn1)C(=O)N2c1ccccc1. The van der Waals surface area contributed by atoms with E-state index >= 15 is 0 Å². The number of hydrogen-bond donors (Lipinski definition) is 0. The number of allylic oxidation sites excluding steroid dienone is 2. The van der Waals surface area contributed by atoms with Crippen molar-refractivity contribution in [2.45, 2.75) is 22.5 Å². The molecule has 1 spiro atoms. The van der Waals surface area contributed by atoms with E-state index in [-0.39, 0.29) is 30.4 Å². The molecule has 2 aliphatic rings. The molecular formula is C25H19F3N4O5S. The summed E-state index contributed by atoms with van der Waals surface area (Å²) >= 11 is 0. The van der Waals surface area contributed by atoms with Gasteiger partial charge in [0.25, 0.3) is 9.84 Å². The lowest BCUT2D eigenvalue weighted by molar-refractivity contribution is -0.138. The number of amides is 1. The number of nitrogens with zero attached hydrogens (tertiary/aromatic N) is 4. The monoisotopic (exact) mass is 544 g/mol. The van der Waals surface area contributed by atoms with Gasteiger partial charge in [-0.3, -0.25) is 14.5 Å². The van der Waals surface area contributed by atoms with Crippen molar-refractivity contribution in [1.82, 2.24) is 15.0 Å². The minimum Gasteiger partial charge on any atom is -0.347 e. The molecule has 1 fully saturated rings. The van der Waals surface area contributed by atoms with Crippen molar-refractivity contribution in [3.63, 3.8) is 0 Å². The van der Waals surface area contributed by atoms with Gasteiger partial charge in [-0.2, -0.15) is 13.2 Å². The van der Waals surface area contributed by atoms with Crippen molar-refractivity contribution in [2.24, 2.45) is 5.92 Å². The molecule has 3 aromatic rings. The normalized spacial score (nSPS) is 19.3. The first-order valence-electron chi connectivity index (χ1n) is 11.3. The topological polar surface area (TPSA) is 111 Å². The lowest BCUT2D eigenvalue weighted by Gasteiger charge is -2.46. The zero-order valence-corrected chi connectivity index (χ0v) is 20.3. The average molecular weight is 545 g/mol. The number of benzene rings is 2. The van der Waals surface area contributed by atoms with Gasteiger partial charge in [-0.15, -0.1) is 5.10 Å². The van der Waals surface area contributed by atoms with E-state index in [0.29, 0.717) is 11.4 Å². The predicted octanol–water partition coefficient (Wildman–Crippen LogP) is 3.17. The molecule has 1 aliphatic carbocycles. The second kappa shape index (κ2) is 9.33. The van der Waals surface area contributed by atoms with Crippen LogP contribution in [-0.2, 0) is 30.6 Å². The van der Waals surface area contributed by atoms with Gasteiger partial charge in [0.2, 0.25) is 5.91 Å². The maximum atomic E-state index is 13.7. The summed E-state index contributed by atoms with van der Waals surface area (Å²) in [6.45, 7) is 0.0297. The van der Waals surface area contributed by atoms with E-state index in [0.717, 1.165) is 12.1 Å². The molecule has 0 N–H and O–H groups in total.